The molecule has 148 valence electrons. The van der Waals surface area contributed by atoms with E-state index in [0.29, 0.717) is 38.5 Å². The average molecular weight is 439 g/mol. The number of fused-ring (bicyclic) bond motifs is 3. The summed E-state index contributed by atoms with van der Waals surface area (Å²) in [5.41, 5.74) is 3.98. The summed E-state index contributed by atoms with van der Waals surface area (Å²) >= 11 is 2.71. The van der Waals surface area contributed by atoms with Crippen molar-refractivity contribution in [1.29, 1.82) is 5.26 Å². The number of ketones is 2. The van der Waals surface area contributed by atoms with Gasteiger partial charge in [-0.3, -0.25) is 9.59 Å². The van der Waals surface area contributed by atoms with E-state index < -0.39 is 0 Å². The molecular formula is C25H14N2O2S2. The summed E-state index contributed by atoms with van der Waals surface area (Å²) in [7, 11) is 0. The van der Waals surface area contributed by atoms with Gasteiger partial charge in [-0.2, -0.15) is 5.26 Å². The molecule has 2 aromatic heterocycles. The van der Waals surface area contributed by atoms with E-state index in [1.165, 1.54) is 23.1 Å². The van der Waals surface area contributed by atoms with E-state index in [4.69, 9.17) is 4.98 Å². The van der Waals surface area contributed by atoms with Gasteiger partial charge in [-0.1, -0.05) is 72.4 Å². The van der Waals surface area contributed by atoms with E-state index in [1.54, 1.807) is 18.2 Å². The Kier molecular flexibility index (Phi) is 4.99. The highest BCUT2D eigenvalue weighted by Gasteiger charge is 2.34. The van der Waals surface area contributed by atoms with Gasteiger partial charge in [0.15, 0.2) is 11.6 Å². The molecule has 31 heavy (non-hydrogen) atoms. The van der Waals surface area contributed by atoms with Crippen molar-refractivity contribution in [2.45, 2.75) is 5.03 Å². The van der Waals surface area contributed by atoms with Crippen LogP contribution < -0.4 is 0 Å². The van der Waals surface area contributed by atoms with Crippen molar-refractivity contribution >= 4 is 34.7 Å². The predicted octanol–water partition coefficient (Wildman–Crippen LogP) is 5.87. The first-order chi connectivity index (χ1) is 15.2. The minimum Gasteiger partial charge on any atom is -0.293 e. The van der Waals surface area contributed by atoms with Crippen LogP contribution in [0.3, 0.4) is 0 Å². The SMILES string of the molecule is N#Cc1c(SCC(=O)c2ccccc2)nc2c(c1-c1cccs1)C(=O)c1ccccc1-2. The summed E-state index contributed by atoms with van der Waals surface area (Å²) in [5.74, 6) is 0.00471. The summed E-state index contributed by atoms with van der Waals surface area (Å²) in [5, 5.41) is 12.4. The number of Topliss-reactive ketones (excluding diaryl/α,β-unsaturated/α-hetero) is 1. The first-order valence-electron chi connectivity index (χ1n) is 9.56. The number of carbonyl (C=O) groups excluding carboxylic acids is 2. The number of hydrogen-bond acceptors (Lipinski definition) is 6. The maximum absolute atomic E-state index is 13.2. The normalized spacial score (nSPS) is 11.6. The third kappa shape index (κ3) is 3.28. The molecule has 0 bridgehead atoms. The Morgan fingerprint density at radius 2 is 1.71 bits per heavy atom. The summed E-state index contributed by atoms with van der Waals surface area (Å²) in [6.07, 6.45) is 0. The van der Waals surface area contributed by atoms with E-state index in [9.17, 15) is 14.9 Å². The number of hydrogen-bond donors (Lipinski definition) is 0. The van der Waals surface area contributed by atoms with Gasteiger partial charge in [0, 0.05) is 27.1 Å². The van der Waals surface area contributed by atoms with Gasteiger partial charge in [0.1, 0.15) is 11.1 Å². The number of carbonyl (C=O) groups is 2. The maximum atomic E-state index is 13.2. The van der Waals surface area contributed by atoms with Crippen molar-refractivity contribution in [3.05, 3.63) is 94.4 Å². The van der Waals surface area contributed by atoms with E-state index in [1.807, 2.05) is 53.9 Å². The second-order valence-corrected chi connectivity index (χ2v) is 8.84. The molecule has 0 saturated heterocycles. The molecule has 2 aromatic carbocycles. The second kappa shape index (κ2) is 7.95. The van der Waals surface area contributed by atoms with Crippen LogP contribution in [0.5, 0.6) is 0 Å². The number of benzene rings is 2. The zero-order valence-corrected chi connectivity index (χ0v) is 17.8. The first-order valence-corrected chi connectivity index (χ1v) is 11.4. The summed E-state index contributed by atoms with van der Waals surface area (Å²) < 4.78 is 0. The number of nitrogens with zero attached hydrogens (tertiary/aromatic N) is 2. The van der Waals surface area contributed by atoms with Crippen LogP contribution in [0.2, 0.25) is 0 Å². The zero-order chi connectivity index (χ0) is 21.4. The van der Waals surface area contributed by atoms with Crippen molar-refractivity contribution < 1.29 is 9.59 Å². The molecule has 0 N–H and O–H groups in total. The van der Waals surface area contributed by atoms with Crippen LogP contribution >= 0.6 is 23.1 Å². The number of nitriles is 1. The third-order valence-corrected chi connectivity index (χ3v) is 7.00. The van der Waals surface area contributed by atoms with Crippen LogP contribution in [0.15, 0.2) is 77.1 Å². The molecule has 0 unspecified atom stereocenters. The van der Waals surface area contributed by atoms with Gasteiger partial charge in [-0.15, -0.1) is 11.3 Å². The Hall–Kier alpha value is -3.53. The molecule has 0 fully saturated rings. The standard InChI is InChI=1S/C25H14N2O2S2/c26-13-18-21(20-11-6-12-30-20)22-23(16-9-4-5-10-17(16)24(22)29)27-25(18)31-14-19(28)15-7-2-1-3-8-15/h1-12H,14H2. The minimum atomic E-state index is -0.116. The Bertz CT molecular complexity index is 1370. The molecule has 0 aliphatic heterocycles. The molecule has 2 heterocycles. The van der Waals surface area contributed by atoms with Gasteiger partial charge in [-0.05, 0) is 11.4 Å². The highest BCUT2D eigenvalue weighted by Crippen LogP contribution is 2.45. The Balaban J connectivity index is 1.65. The average Bonchev–Trinajstić information content (AvgIpc) is 3.44. The second-order valence-electron chi connectivity index (χ2n) is 6.93. The number of thioether (sulfide) groups is 1. The Morgan fingerprint density at radius 1 is 0.968 bits per heavy atom. The molecule has 0 radical (unpaired) electrons. The van der Waals surface area contributed by atoms with Crippen LogP contribution in [0, 0.1) is 11.3 Å². The fourth-order valence-electron chi connectivity index (χ4n) is 3.72. The van der Waals surface area contributed by atoms with Crippen LogP contribution in [-0.2, 0) is 0 Å². The van der Waals surface area contributed by atoms with Gasteiger partial charge in [-0.25, -0.2) is 4.98 Å². The van der Waals surface area contributed by atoms with Gasteiger partial charge >= 0.3 is 0 Å². The quantitative estimate of drug-likeness (QED) is 0.254. The fraction of sp³-hybridized carbons (Fsp3) is 0.0400. The Labute approximate surface area is 187 Å². The van der Waals surface area contributed by atoms with Gasteiger partial charge in [0.05, 0.1) is 22.6 Å². The van der Waals surface area contributed by atoms with Crippen LogP contribution in [0.1, 0.15) is 31.8 Å². The molecule has 0 spiro atoms. The lowest BCUT2D eigenvalue weighted by atomic mass is 9.99. The lowest BCUT2D eigenvalue weighted by Gasteiger charge is -2.12. The number of thiophene rings is 1. The fourth-order valence-corrected chi connectivity index (χ4v) is 5.38. The monoisotopic (exact) mass is 438 g/mol. The minimum absolute atomic E-state index is 0.0362. The van der Waals surface area contributed by atoms with Gasteiger partial charge in [0.25, 0.3) is 0 Å². The van der Waals surface area contributed by atoms with Gasteiger partial charge < -0.3 is 0 Å². The van der Waals surface area contributed by atoms with E-state index in [0.717, 1.165) is 10.4 Å². The predicted molar refractivity (Wildman–Crippen MR) is 123 cm³/mol. The van der Waals surface area contributed by atoms with E-state index >= 15 is 0 Å². The summed E-state index contributed by atoms with van der Waals surface area (Å²) in [6, 6.07) is 22.5. The topological polar surface area (TPSA) is 70.8 Å². The molecule has 0 saturated carbocycles. The van der Waals surface area contributed by atoms with E-state index in [2.05, 4.69) is 6.07 Å². The molecule has 4 aromatic rings. The van der Waals surface area contributed by atoms with Crippen LogP contribution in [-0.4, -0.2) is 22.3 Å². The van der Waals surface area contributed by atoms with Gasteiger partial charge in [0.2, 0.25) is 0 Å². The molecule has 0 amide bonds. The lowest BCUT2D eigenvalue weighted by Crippen LogP contribution is -2.06. The lowest BCUT2D eigenvalue weighted by molar-refractivity contribution is 0.101. The summed E-state index contributed by atoms with van der Waals surface area (Å²) in [6.45, 7) is 0. The molecule has 5 rings (SSSR count). The zero-order valence-electron chi connectivity index (χ0n) is 16.2. The van der Waals surface area contributed by atoms with Crippen molar-refractivity contribution in [3.63, 3.8) is 0 Å². The van der Waals surface area contributed by atoms with Crippen molar-refractivity contribution in [2.75, 3.05) is 5.75 Å². The number of rotatable bonds is 5. The van der Waals surface area contributed by atoms with E-state index in [-0.39, 0.29) is 17.3 Å². The van der Waals surface area contributed by atoms with Crippen LogP contribution in [0.25, 0.3) is 21.7 Å². The smallest absolute Gasteiger partial charge is 0.196 e. The van der Waals surface area contributed by atoms with Crippen molar-refractivity contribution in [3.8, 4) is 27.8 Å². The highest BCUT2D eigenvalue weighted by molar-refractivity contribution is 8.00. The largest absolute Gasteiger partial charge is 0.293 e. The Morgan fingerprint density at radius 3 is 2.42 bits per heavy atom. The number of pyridine rings is 1. The molecular weight excluding hydrogens is 424 g/mol. The third-order valence-electron chi connectivity index (χ3n) is 5.13. The summed E-state index contributed by atoms with van der Waals surface area (Å²) in [4.78, 5) is 31.4. The maximum Gasteiger partial charge on any atom is 0.196 e. The first kappa shape index (κ1) is 19.4. The van der Waals surface area contributed by atoms with Crippen molar-refractivity contribution in [2.24, 2.45) is 0 Å². The molecule has 4 nitrogen and oxygen atoms in total. The highest BCUT2D eigenvalue weighted by atomic mass is 32.2. The molecule has 1 aliphatic carbocycles. The molecule has 1 aliphatic rings. The number of aromatic nitrogens is 1. The molecule has 6 heteroatoms. The van der Waals surface area contributed by atoms with Crippen LogP contribution in [0.4, 0.5) is 0 Å². The van der Waals surface area contributed by atoms with Crippen molar-refractivity contribution in [1.82, 2.24) is 4.98 Å². The molecule has 0 atom stereocenters.